The second kappa shape index (κ2) is 9.82. The Labute approximate surface area is 184 Å². The first-order valence-corrected chi connectivity index (χ1v) is 11.4. The van der Waals surface area contributed by atoms with Crippen molar-refractivity contribution in [1.82, 2.24) is 5.32 Å². The summed E-state index contributed by atoms with van der Waals surface area (Å²) in [5, 5.41) is 3.36. The van der Waals surface area contributed by atoms with Gasteiger partial charge in [-0.25, -0.2) is 4.39 Å². The molecule has 0 radical (unpaired) electrons. The molecule has 0 spiro atoms. The molecule has 1 N–H and O–H groups in total. The van der Waals surface area contributed by atoms with Gasteiger partial charge in [-0.15, -0.1) is 0 Å². The van der Waals surface area contributed by atoms with Crippen molar-refractivity contribution in [2.24, 2.45) is 5.41 Å². The Morgan fingerprint density at radius 2 is 1.81 bits per heavy atom. The minimum atomic E-state index is -0.423. The van der Waals surface area contributed by atoms with Gasteiger partial charge in [-0.3, -0.25) is 4.79 Å². The molecule has 1 aliphatic carbocycles. The molecule has 0 aromatic heterocycles. The standard InChI is InChI=1S/C26H32FNO3/c1-30-24-12-11-21(27)17-23(24)20-9-7-19(8-10-20)18-26(13-15-31-16-14-26)25(29)28-22-5-3-2-4-6-22/h7-12,17,22H,2-6,13-16,18H2,1H3,(H,28,29). The zero-order valence-corrected chi connectivity index (χ0v) is 18.3. The highest BCUT2D eigenvalue weighted by atomic mass is 19.1. The predicted octanol–water partition coefficient (Wildman–Crippen LogP) is 5.29. The van der Waals surface area contributed by atoms with Crippen molar-refractivity contribution in [2.45, 2.75) is 57.4 Å². The van der Waals surface area contributed by atoms with Crippen LogP contribution in [0.25, 0.3) is 11.1 Å². The van der Waals surface area contributed by atoms with E-state index in [1.807, 2.05) is 24.3 Å². The lowest BCUT2D eigenvalue weighted by molar-refractivity contribution is -0.137. The molecule has 2 aromatic rings. The fourth-order valence-electron chi connectivity index (χ4n) is 4.93. The van der Waals surface area contributed by atoms with Crippen LogP contribution < -0.4 is 10.1 Å². The van der Waals surface area contributed by atoms with Gasteiger partial charge in [0, 0.05) is 24.8 Å². The molecule has 0 unspecified atom stereocenters. The average Bonchev–Trinajstić information content (AvgIpc) is 2.81. The summed E-state index contributed by atoms with van der Waals surface area (Å²) in [7, 11) is 1.59. The van der Waals surface area contributed by atoms with Crippen molar-refractivity contribution in [3.8, 4) is 16.9 Å². The van der Waals surface area contributed by atoms with E-state index in [2.05, 4.69) is 5.32 Å². The number of carbonyl (C=O) groups excluding carboxylic acids is 1. The largest absolute Gasteiger partial charge is 0.496 e. The molecule has 5 heteroatoms. The lowest BCUT2D eigenvalue weighted by atomic mass is 9.74. The van der Waals surface area contributed by atoms with E-state index >= 15 is 0 Å². The molecule has 0 bridgehead atoms. The van der Waals surface area contributed by atoms with E-state index < -0.39 is 5.41 Å². The molecule has 2 fully saturated rings. The van der Waals surface area contributed by atoms with Gasteiger partial charge in [0.25, 0.3) is 0 Å². The molecule has 2 aromatic carbocycles. The van der Waals surface area contributed by atoms with Crippen LogP contribution >= 0.6 is 0 Å². The number of hydrogen-bond donors (Lipinski definition) is 1. The molecule has 1 heterocycles. The summed E-state index contributed by atoms with van der Waals surface area (Å²) in [5.74, 6) is 0.529. The van der Waals surface area contributed by atoms with E-state index in [-0.39, 0.29) is 11.7 Å². The molecule has 0 atom stereocenters. The van der Waals surface area contributed by atoms with Gasteiger partial charge >= 0.3 is 0 Å². The molecule has 1 amide bonds. The van der Waals surface area contributed by atoms with Crippen LogP contribution in [0.5, 0.6) is 5.75 Å². The van der Waals surface area contributed by atoms with E-state index in [1.165, 1.54) is 31.4 Å². The number of nitrogens with one attached hydrogen (secondary N) is 1. The van der Waals surface area contributed by atoms with Gasteiger partial charge in [0.1, 0.15) is 11.6 Å². The summed E-state index contributed by atoms with van der Waals surface area (Å²) in [6.45, 7) is 1.24. The number of hydrogen-bond acceptors (Lipinski definition) is 3. The number of carbonyl (C=O) groups is 1. The lowest BCUT2D eigenvalue weighted by Crippen LogP contribution is -2.49. The van der Waals surface area contributed by atoms with Gasteiger partial charge in [0.2, 0.25) is 5.91 Å². The van der Waals surface area contributed by atoms with Crippen LogP contribution in [0.15, 0.2) is 42.5 Å². The van der Waals surface area contributed by atoms with Crippen molar-refractivity contribution in [2.75, 3.05) is 20.3 Å². The van der Waals surface area contributed by atoms with Crippen LogP contribution in [0.2, 0.25) is 0 Å². The molecular weight excluding hydrogens is 393 g/mol. The molecule has 4 rings (SSSR count). The molecule has 1 saturated heterocycles. The Morgan fingerprint density at radius 3 is 2.48 bits per heavy atom. The number of ether oxygens (including phenoxy) is 2. The third-order valence-electron chi connectivity index (χ3n) is 6.84. The number of benzene rings is 2. The van der Waals surface area contributed by atoms with Crippen molar-refractivity contribution in [1.29, 1.82) is 0 Å². The third-order valence-corrected chi connectivity index (χ3v) is 6.84. The second-order valence-electron chi connectivity index (χ2n) is 8.92. The van der Waals surface area contributed by atoms with Gasteiger partial charge in [0.15, 0.2) is 0 Å². The van der Waals surface area contributed by atoms with Gasteiger partial charge in [0.05, 0.1) is 12.5 Å². The van der Waals surface area contributed by atoms with E-state index in [4.69, 9.17) is 9.47 Å². The van der Waals surface area contributed by atoms with Crippen LogP contribution in [0.4, 0.5) is 4.39 Å². The summed E-state index contributed by atoms with van der Waals surface area (Å²) in [6, 6.07) is 12.9. The van der Waals surface area contributed by atoms with Crippen LogP contribution in [0.1, 0.15) is 50.5 Å². The maximum absolute atomic E-state index is 13.8. The fourth-order valence-corrected chi connectivity index (χ4v) is 4.93. The first kappa shape index (κ1) is 21.8. The maximum Gasteiger partial charge on any atom is 0.226 e. The Balaban J connectivity index is 1.52. The van der Waals surface area contributed by atoms with Crippen LogP contribution in [0, 0.1) is 11.2 Å². The molecule has 1 aliphatic heterocycles. The van der Waals surface area contributed by atoms with Gasteiger partial charge in [-0.2, -0.15) is 0 Å². The number of rotatable bonds is 6. The van der Waals surface area contributed by atoms with Crippen molar-refractivity contribution in [3.05, 3.63) is 53.8 Å². The molecular formula is C26H32FNO3. The summed E-state index contributed by atoms with van der Waals surface area (Å²) >= 11 is 0. The monoisotopic (exact) mass is 425 g/mol. The Morgan fingerprint density at radius 1 is 1.10 bits per heavy atom. The van der Waals surface area contributed by atoms with Crippen molar-refractivity contribution < 1.29 is 18.7 Å². The Hall–Kier alpha value is -2.40. The molecule has 2 aliphatic rings. The highest BCUT2D eigenvalue weighted by molar-refractivity contribution is 5.83. The van der Waals surface area contributed by atoms with Crippen LogP contribution in [-0.2, 0) is 16.0 Å². The second-order valence-corrected chi connectivity index (χ2v) is 8.92. The summed E-state index contributed by atoms with van der Waals surface area (Å²) < 4.78 is 24.8. The number of methoxy groups -OCH3 is 1. The van der Waals surface area contributed by atoms with Crippen LogP contribution in [-0.4, -0.2) is 32.3 Å². The topological polar surface area (TPSA) is 47.6 Å². The smallest absolute Gasteiger partial charge is 0.226 e. The molecule has 31 heavy (non-hydrogen) atoms. The van der Waals surface area contributed by atoms with Gasteiger partial charge in [-0.05, 0) is 61.4 Å². The van der Waals surface area contributed by atoms with E-state index in [9.17, 15) is 9.18 Å². The SMILES string of the molecule is COc1ccc(F)cc1-c1ccc(CC2(C(=O)NC3CCCCC3)CCOCC2)cc1. The lowest BCUT2D eigenvalue weighted by Gasteiger charge is -2.38. The first-order chi connectivity index (χ1) is 15.1. The maximum atomic E-state index is 13.8. The Kier molecular flexibility index (Phi) is 6.91. The number of amides is 1. The fraction of sp³-hybridized carbons (Fsp3) is 0.500. The third kappa shape index (κ3) is 5.09. The molecule has 4 nitrogen and oxygen atoms in total. The minimum Gasteiger partial charge on any atom is -0.496 e. The molecule has 166 valence electrons. The highest BCUT2D eigenvalue weighted by Crippen LogP contribution is 2.37. The number of halogens is 1. The summed E-state index contributed by atoms with van der Waals surface area (Å²) in [4.78, 5) is 13.4. The zero-order chi connectivity index (χ0) is 21.7. The van der Waals surface area contributed by atoms with E-state index in [1.54, 1.807) is 13.2 Å². The highest BCUT2D eigenvalue weighted by Gasteiger charge is 2.40. The molecule has 1 saturated carbocycles. The zero-order valence-electron chi connectivity index (χ0n) is 18.3. The normalized spacial score (nSPS) is 19.0. The van der Waals surface area contributed by atoms with E-state index in [0.29, 0.717) is 31.4 Å². The quantitative estimate of drug-likeness (QED) is 0.684. The summed E-state index contributed by atoms with van der Waals surface area (Å²) in [5.41, 5.74) is 2.31. The Bertz CT molecular complexity index is 884. The first-order valence-electron chi connectivity index (χ1n) is 11.4. The van der Waals surface area contributed by atoms with Crippen LogP contribution in [0.3, 0.4) is 0 Å². The average molecular weight is 426 g/mol. The summed E-state index contributed by atoms with van der Waals surface area (Å²) in [6.07, 6.45) is 8.02. The predicted molar refractivity (Wildman–Crippen MR) is 120 cm³/mol. The van der Waals surface area contributed by atoms with Gasteiger partial charge < -0.3 is 14.8 Å². The van der Waals surface area contributed by atoms with Gasteiger partial charge in [-0.1, -0.05) is 43.5 Å². The van der Waals surface area contributed by atoms with Crippen molar-refractivity contribution in [3.63, 3.8) is 0 Å². The van der Waals surface area contributed by atoms with Crippen molar-refractivity contribution >= 4 is 5.91 Å². The van der Waals surface area contributed by atoms with E-state index in [0.717, 1.165) is 42.4 Å². The minimum absolute atomic E-state index is 0.179.